The minimum absolute atomic E-state index is 0.00989. The molecular formula is C14H17F2N5. The summed E-state index contributed by atoms with van der Waals surface area (Å²) in [4.78, 5) is 8.07. The molecule has 1 heterocycles. The topological polar surface area (TPSA) is 75.9 Å². The van der Waals surface area contributed by atoms with E-state index in [2.05, 4.69) is 20.7 Å². The van der Waals surface area contributed by atoms with E-state index < -0.39 is 11.6 Å². The quantitative estimate of drug-likeness (QED) is 0.596. The highest BCUT2D eigenvalue weighted by atomic mass is 19.1. The number of nitrogens with zero attached hydrogens (tertiary/aromatic N) is 2. The van der Waals surface area contributed by atoms with E-state index in [1.54, 1.807) is 6.92 Å². The Morgan fingerprint density at radius 2 is 1.81 bits per heavy atom. The third-order valence-corrected chi connectivity index (χ3v) is 3.13. The van der Waals surface area contributed by atoms with Crippen molar-refractivity contribution in [2.45, 2.75) is 26.7 Å². The Balaban J connectivity index is 2.52. The zero-order valence-corrected chi connectivity index (χ0v) is 12.0. The largest absolute Gasteiger partial charge is 0.335 e. The normalized spacial score (nSPS) is 10.8. The van der Waals surface area contributed by atoms with Gasteiger partial charge < -0.3 is 10.7 Å². The summed E-state index contributed by atoms with van der Waals surface area (Å²) in [6.07, 6.45) is 1.27. The summed E-state index contributed by atoms with van der Waals surface area (Å²) in [5.74, 6) is 4.82. The number of hydrogen-bond donors (Lipinski definition) is 3. The maximum Gasteiger partial charge on any atom is 0.152 e. The standard InChI is InChI=1S/C14H17F2N5/c1-7(2)10-13(18-6-19-14(10)21-17)20-12-9(15)5-4-8(3)11(12)16/h4-7H,17H2,1-3H3,(H2,18,19,20,21). The number of rotatable bonds is 4. The zero-order valence-electron chi connectivity index (χ0n) is 12.0. The first-order chi connectivity index (χ1) is 9.95. The molecule has 0 saturated carbocycles. The summed E-state index contributed by atoms with van der Waals surface area (Å²) in [6.45, 7) is 5.39. The molecule has 1 aromatic carbocycles. The van der Waals surface area contributed by atoms with Gasteiger partial charge in [-0.25, -0.2) is 24.6 Å². The first-order valence-corrected chi connectivity index (χ1v) is 6.48. The fourth-order valence-electron chi connectivity index (χ4n) is 2.05. The van der Waals surface area contributed by atoms with Crippen LogP contribution in [0.4, 0.5) is 26.1 Å². The minimum Gasteiger partial charge on any atom is -0.335 e. The number of anilines is 3. The molecule has 2 rings (SSSR count). The van der Waals surface area contributed by atoms with Crippen molar-refractivity contribution in [2.24, 2.45) is 5.84 Å². The lowest BCUT2D eigenvalue weighted by Gasteiger charge is -2.17. The van der Waals surface area contributed by atoms with E-state index in [1.807, 2.05) is 13.8 Å². The summed E-state index contributed by atoms with van der Waals surface area (Å²) in [5.41, 5.74) is 3.22. The van der Waals surface area contributed by atoms with Crippen LogP contribution >= 0.6 is 0 Å². The molecule has 0 unspecified atom stereocenters. The molecule has 5 nitrogen and oxygen atoms in total. The van der Waals surface area contributed by atoms with E-state index in [0.29, 0.717) is 22.8 Å². The average Bonchev–Trinajstić information content (AvgIpc) is 2.47. The lowest BCUT2D eigenvalue weighted by Crippen LogP contribution is -2.14. The Bertz CT molecular complexity index is 658. The van der Waals surface area contributed by atoms with Crippen LogP contribution in [0, 0.1) is 18.6 Å². The summed E-state index contributed by atoms with van der Waals surface area (Å²) in [7, 11) is 0. The van der Waals surface area contributed by atoms with Crippen molar-refractivity contribution in [1.82, 2.24) is 9.97 Å². The predicted molar refractivity (Wildman–Crippen MR) is 78.3 cm³/mol. The molecule has 0 spiro atoms. The monoisotopic (exact) mass is 293 g/mol. The molecule has 0 atom stereocenters. The van der Waals surface area contributed by atoms with Crippen molar-refractivity contribution in [3.05, 3.63) is 41.2 Å². The van der Waals surface area contributed by atoms with Crippen LogP contribution in [0.5, 0.6) is 0 Å². The molecule has 0 fully saturated rings. The number of aromatic nitrogens is 2. The number of hydrogen-bond acceptors (Lipinski definition) is 5. The van der Waals surface area contributed by atoms with Crippen LogP contribution in [0.2, 0.25) is 0 Å². The van der Waals surface area contributed by atoms with Crippen LogP contribution in [0.25, 0.3) is 0 Å². The zero-order chi connectivity index (χ0) is 15.6. The van der Waals surface area contributed by atoms with Crippen molar-refractivity contribution < 1.29 is 8.78 Å². The van der Waals surface area contributed by atoms with Gasteiger partial charge in [0.05, 0.1) is 0 Å². The van der Waals surface area contributed by atoms with Crippen LogP contribution in [0.3, 0.4) is 0 Å². The van der Waals surface area contributed by atoms with Crippen LogP contribution < -0.4 is 16.6 Å². The van der Waals surface area contributed by atoms with Gasteiger partial charge in [-0.05, 0) is 24.5 Å². The molecule has 0 aliphatic rings. The number of benzene rings is 1. The smallest absolute Gasteiger partial charge is 0.152 e. The van der Waals surface area contributed by atoms with Crippen molar-refractivity contribution in [1.29, 1.82) is 0 Å². The van der Waals surface area contributed by atoms with Gasteiger partial charge in [0.2, 0.25) is 0 Å². The summed E-state index contributed by atoms with van der Waals surface area (Å²) in [5, 5.41) is 2.71. The lowest BCUT2D eigenvalue weighted by molar-refractivity contribution is 0.584. The number of nitrogens with two attached hydrogens (primary N) is 1. The molecule has 1 aromatic heterocycles. The summed E-state index contributed by atoms with van der Waals surface area (Å²) in [6, 6.07) is 2.59. The van der Waals surface area contributed by atoms with Gasteiger partial charge in [-0.3, -0.25) is 0 Å². The predicted octanol–water partition coefficient (Wildman–Crippen LogP) is 3.22. The van der Waals surface area contributed by atoms with Crippen LogP contribution in [-0.2, 0) is 0 Å². The van der Waals surface area contributed by atoms with E-state index in [9.17, 15) is 8.78 Å². The Morgan fingerprint density at radius 3 is 2.43 bits per heavy atom. The molecule has 0 aliphatic carbocycles. The fraction of sp³-hybridized carbons (Fsp3) is 0.286. The van der Waals surface area contributed by atoms with E-state index in [0.717, 1.165) is 0 Å². The molecule has 0 bridgehead atoms. The molecule has 0 amide bonds. The van der Waals surface area contributed by atoms with E-state index in [4.69, 9.17) is 5.84 Å². The van der Waals surface area contributed by atoms with Gasteiger partial charge >= 0.3 is 0 Å². The van der Waals surface area contributed by atoms with Crippen molar-refractivity contribution in [3.8, 4) is 0 Å². The van der Waals surface area contributed by atoms with Gasteiger partial charge in [-0.1, -0.05) is 19.9 Å². The van der Waals surface area contributed by atoms with Gasteiger partial charge in [-0.15, -0.1) is 0 Å². The highest BCUT2D eigenvalue weighted by Crippen LogP contribution is 2.32. The molecule has 0 radical (unpaired) electrons. The number of halogens is 2. The molecular weight excluding hydrogens is 276 g/mol. The molecule has 2 aromatic rings. The van der Waals surface area contributed by atoms with E-state index in [1.165, 1.54) is 18.5 Å². The highest BCUT2D eigenvalue weighted by Gasteiger charge is 2.18. The van der Waals surface area contributed by atoms with Gasteiger partial charge in [-0.2, -0.15) is 0 Å². The summed E-state index contributed by atoms with van der Waals surface area (Å²) < 4.78 is 27.9. The third-order valence-electron chi connectivity index (χ3n) is 3.13. The van der Waals surface area contributed by atoms with Crippen LogP contribution in [-0.4, -0.2) is 9.97 Å². The Kier molecular flexibility index (Phi) is 4.32. The molecule has 0 aliphatic heterocycles. The molecule has 112 valence electrons. The second-order valence-corrected chi connectivity index (χ2v) is 4.96. The van der Waals surface area contributed by atoms with Crippen LogP contribution in [0.1, 0.15) is 30.9 Å². The first kappa shape index (κ1) is 15.1. The van der Waals surface area contributed by atoms with Crippen LogP contribution in [0.15, 0.2) is 18.5 Å². The Labute approximate surface area is 121 Å². The number of nitrogen functional groups attached to an aromatic ring is 1. The molecule has 0 saturated heterocycles. The average molecular weight is 293 g/mol. The number of hydrazine groups is 1. The molecule has 21 heavy (non-hydrogen) atoms. The summed E-state index contributed by atoms with van der Waals surface area (Å²) >= 11 is 0. The van der Waals surface area contributed by atoms with Crippen molar-refractivity contribution >= 4 is 17.3 Å². The number of aryl methyl sites for hydroxylation is 1. The maximum atomic E-state index is 14.1. The fourth-order valence-corrected chi connectivity index (χ4v) is 2.05. The van der Waals surface area contributed by atoms with Gasteiger partial charge in [0.1, 0.15) is 29.5 Å². The van der Waals surface area contributed by atoms with Crippen molar-refractivity contribution in [2.75, 3.05) is 10.7 Å². The van der Waals surface area contributed by atoms with Crippen molar-refractivity contribution in [3.63, 3.8) is 0 Å². The lowest BCUT2D eigenvalue weighted by atomic mass is 10.0. The first-order valence-electron chi connectivity index (χ1n) is 6.48. The molecule has 4 N–H and O–H groups in total. The highest BCUT2D eigenvalue weighted by molar-refractivity contribution is 5.66. The number of nitrogens with one attached hydrogen (secondary N) is 2. The van der Waals surface area contributed by atoms with E-state index >= 15 is 0 Å². The van der Waals surface area contributed by atoms with Gasteiger partial charge in [0.25, 0.3) is 0 Å². The SMILES string of the molecule is Cc1ccc(F)c(Nc2ncnc(NN)c2C(C)C)c1F. The van der Waals surface area contributed by atoms with Gasteiger partial charge in [0.15, 0.2) is 5.82 Å². The molecule has 7 heteroatoms. The third kappa shape index (κ3) is 2.92. The Hall–Kier alpha value is -2.28. The second kappa shape index (κ2) is 6.01. The maximum absolute atomic E-state index is 14.1. The second-order valence-electron chi connectivity index (χ2n) is 4.96. The van der Waals surface area contributed by atoms with E-state index in [-0.39, 0.29) is 11.6 Å². The van der Waals surface area contributed by atoms with Gasteiger partial charge in [0, 0.05) is 5.56 Å². The minimum atomic E-state index is -0.686. The Morgan fingerprint density at radius 1 is 1.14 bits per heavy atom.